The average molecular weight is 401 g/mol. The Morgan fingerprint density at radius 3 is 2.61 bits per heavy atom. The Kier molecular flexibility index (Phi) is 5.74. The van der Waals surface area contributed by atoms with Crippen LogP contribution in [0.25, 0.3) is 6.08 Å². The van der Waals surface area contributed by atoms with E-state index in [2.05, 4.69) is 4.99 Å². The zero-order chi connectivity index (χ0) is 20.3. The van der Waals surface area contributed by atoms with Gasteiger partial charge in [0.25, 0.3) is 5.91 Å². The molecule has 28 heavy (non-hydrogen) atoms. The Bertz CT molecular complexity index is 989. The Balaban J connectivity index is 1.95. The van der Waals surface area contributed by atoms with Gasteiger partial charge in [0.15, 0.2) is 10.9 Å². The van der Waals surface area contributed by atoms with E-state index in [0.717, 1.165) is 11.8 Å². The van der Waals surface area contributed by atoms with Gasteiger partial charge in [-0.1, -0.05) is 6.07 Å². The fraction of sp³-hybridized carbons (Fsp3) is 0.158. The van der Waals surface area contributed by atoms with Gasteiger partial charge in [0.05, 0.1) is 22.6 Å². The molecule has 7 nitrogen and oxygen atoms in total. The molecule has 3 rings (SSSR count). The van der Waals surface area contributed by atoms with Crippen LogP contribution in [0.2, 0.25) is 0 Å². The van der Waals surface area contributed by atoms with Gasteiger partial charge in [-0.05, 0) is 60.7 Å². The third-order valence-electron chi connectivity index (χ3n) is 3.95. The van der Waals surface area contributed by atoms with E-state index in [4.69, 9.17) is 4.74 Å². The van der Waals surface area contributed by atoms with Gasteiger partial charge in [0, 0.05) is 12.6 Å². The number of rotatable bonds is 5. The third kappa shape index (κ3) is 4.04. The van der Waals surface area contributed by atoms with Gasteiger partial charge in [-0.2, -0.15) is 0 Å². The van der Waals surface area contributed by atoms with Crippen molar-refractivity contribution >= 4 is 40.3 Å². The molecule has 0 atom stereocenters. The Labute approximate surface area is 164 Å². The lowest BCUT2D eigenvalue weighted by Crippen LogP contribution is -2.28. The van der Waals surface area contributed by atoms with Crippen LogP contribution in [0.5, 0.6) is 5.75 Å². The van der Waals surface area contributed by atoms with Crippen LogP contribution in [0.3, 0.4) is 0 Å². The fourth-order valence-corrected chi connectivity index (χ4v) is 3.65. The van der Waals surface area contributed by atoms with Crippen LogP contribution in [0.1, 0.15) is 12.5 Å². The van der Waals surface area contributed by atoms with Crippen LogP contribution in [-0.4, -0.2) is 34.6 Å². The lowest BCUT2D eigenvalue weighted by atomic mass is 10.1. The van der Waals surface area contributed by atoms with Crippen molar-refractivity contribution in [2.45, 2.75) is 6.92 Å². The standard InChI is InChI=1S/C19H16FN3O4S/c1-3-22-18(24)17(28-19(22)21-14-7-5-13(20)6-8-14)11-12-4-9-16(27-2)15(10-12)23(25)26/h4-11H,3H2,1-2H3/b17-11+,21-19?. The van der Waals surface area contributed by atoms with Crippen molar-refractivity contribution in [2.24, 2.45) is 4.99 Å². The summed E-state index contributed by atoms with van der Waals surface area (Å²) in [5.41, 5.74) is 0.846. The highest BCUT2D eigenvalue weighted by molar-refractivity contribution is 8.18. The molecule has 144 valence electrons. The molecule has 0 unspecified atom stereocenters. The molecule has 1 fully saturated rings. The molecular formula is C19H16FN3O4S. The van der Waals surface area contributed by atoms with Crippen molar-refractivity contribution in [1.82, 2.24) is 4.90 Å². The first kappa shape index (κ1) is 19.6. The molecule has 0 saturated carbocycles. The minimum absolute atomic E-state index is 0.145. The summed E-state index contributed by atoms with van der Waals surface area (Å²) in [7, 11) is 1.36. The molecule has 1 saturated heterocycles. The number of ether oxygens (including phenoxy) is 1. The minimum Gasteiger partial charge on any atom is -0.490 e. The molecule has 9 heteroatoms. The van der Waals surface area contributed by atoms with Gasteiger partial charge in [-0.3, -0.25) is 19.8 Å². The molecule has 2 aromatic rings. The maximum atomic E-state index is 13.1. The van der Waals surface area contributed by atoms with E-state index in [0.29, 0.717) is 27.9 Å². The first-order chi connectivity index (χ1) is 13.4. The Hall–Kier alpha value is -3.20. The molecule has 0 spiro atoms. The number of thioether (sulfide) groups is 1. The van der Waals surface area contributed by atoms with Crippen molar-refractivity contribution < 1.29 is 18.8 Å². The zero-order valence-corrected chi connectivity index (χ0v) is 15.9. The molecule has 0 N–H and O–H groups in total. The van der Waals surface area contributed by atoms with E-state index >= 15 is 0 Å². The zero-order valence-electron chi connectivity index (χ0n) is 15.1. The van der Waals surface area contributed by atoms with E-state index in [-0.39, 0.29) is 23.2 Å². The summed E-state index contributed by atoms with van der Waals surface area (Å²) in [6.45, 7) is 2.23. The highest BCUT2D eigenvalue weighted by Crippen LogP contribution is 2.35. The third-order valence-corrected chi connectivity index (χ3v) is 4.96. The number of methoxy groups -OCH3 is 1. The molecule has 1 heterocycles. The predicted molar refractivity (Wildman–Crippen MR) is 106 cm³/mol. The number of likely N-dealkylation sites (N-methyl/N-ethyl adjacent to an activating group) is 1. The lowest BCUT2D eigenvalue weighted by Gasteiger charge is -2.11. The summed E-state index contributed by atoms with van der Waals surface area (Å²) in [5, 5.41) is 11.7. The Morgan fingerprint density at radius 2 is 2.00 bits per heavy atom. The number of carbonyl (C=O) groups is 1. The topological polar surface area (TPSA) is 85.0 Å². The van der Waals surface area contributed by atoms with Crippen molar-refractivity contribution in [3.05, 3.63) is 68.9 Å². The number of nitro benzene ring substituents is 1. The molecule has 0 aliphatic carbocycles. The number of nitro groups is 1. The largest absolute Gasteiger partial charge is 0.490 e. The van der Waals surface area contributed by atoms with E-state index in [9.17, 15) is 19.3 Å². The smallest absolute Gasteiger partial charge is 0.311 e. The summed E-state index contributed by atoms with van der Waals surface area (Å²) in [5.74, 6) is -0.466. The number of amidine groups is 1. The highest BCUT2D eigenvalue weighted by Gasteiger charge is 2.32. The van der Waals surface area contributed by atoms with Crippen molar-refractivity contribution in [2.75, 3.05) is 13.7 Å². The highest BCUT2D eigenvalue weighted by atomic mass is 32.2. The molecule has 0 bridgehead atoms. The molecule has 1 amide bonds. The second-order valence-corrected chi connectivity index (χ2v) is 6.73. The predicted octanol–water partition coefficient (Wildman–Crippen LogP) is 4.37. The maximum absolute atomic E-state index is 13.1. The van der Waals surface area contributed by atoms with Gasteiger partial charge in [0.2, 0.25) is 0 Å². The number of halogens is 1. The summed E-state index contributed by atoms with van der Waals surface area (Å²) in [6, 6.07) is 10.1. The first-order valence-electron chi connectivity index (χ1n) is 8.31. The van der Waals surface area contributed by atoms with E-state index in [1.54, 1.807) is 12.1 Å². The molecule has 0 radical (unpaired) electrons. The summed E-state index contributed by atoms with van der Waals surface area (Å²) in [4.78, 5) is 29.6. The Morgan fingerprint density at radius 1 is 1.29 bits per heavy atom. The average Bonchev–Trinajstić information content (AvgIpc) is 2.97. The quantitative estimate of drug-likeness (QED) is 0.422. The number of hydrogen-bond donors (Lipinski definition) is 0. The van der Waals surface area contributed by atoms with Crippen LogP contribution in [-0.2, 0) is 4.79 Å². The maximum Gasteiger partial charge on any atom is 0.311 e. The van der Waals surface area contributed by atoms with Gasteiger partial charge >= 0.3 is 5.69 Å². The first-order valence-corrected chi connectivity index (χ1v) is 9.12. The number of carbonyl (C=O) groups excluding carboxylic acids is 1. The van der Waals surface area contributed by atoms with Crippen molar-refractivity contribution in [3.63, 3.8) is 0 Å². The van der Waals surface area contributed by atoms with E-state index in [1.807, 2.05) is 6.92 Å². The van der Waals surface area contributed by atoms with Crippen LogP contribution >= 0.6 is 11.8 Å². The van der Waals surface area contributed by atoms with Gasteiger partial charge in [-0.25, -0.2) is 9.38 Å². The normalized spacial score (nSPS) is 16.8. The monoisotopic (exact) mass is 401 g/mol. The SMILES string of the molecule is CCN1C(=O)/C(=C\c2ccc(OC)c([N+](=O)[O-])c2)SC1=Nc1ccc(F)cc1. The van der Waals surface area contributed by atoms with Crippen LogP contribution < -0.4 is 4.74 Å². The van der Waals surface area contributed by atoms with Gasteiger partial charge < -0.3 is 4.74 Å². The lowest BCUT2D eigenvalue weighted by molar-refractivity contribution is -0.385. The fourth-order valence-electron chi connectivity index (χ4n) is 2.59. The molecular weight excluding hydrogens is 385 g/mol. The van der Waals surface area contributed by atoms with E-state index < -0.39 is 4.92 Å². The molecule has 2 aromatic carbocycles. The number of hydrogen-bond acceptors (Lipinski definition) is 6. The second kappa shape index (κ2) is 8.22. The summed E-state index contributed by atoms with van der Waals surface area (Å²) in [6.07, 6.45) is 1.58. The number of amides is 1. The molecule has 1 aliphatic heterocycles. The van der Waals surface area contributed by atoms with Crippen LogP contribution in [0.15, 0.2) is 52.4 Å². The van der Waals surface area contributed by atoms with Crippen molar-refractivity contribution in [1.29, 1.82) is 0 Å². The molecule has 1 aliphatic rings. The number of benzene rings is 2. The summed E-state index contributed by atoms with van der Waals surface area (Å²) < 4.78 is 18.1. The van der Waals surface area contributed by atoms with E-state index in [1.165, 1.54) is 48.4 Å². The summed E-state index contributed by atoms with van der Waals surface area (Å²) >= 11 is 1.16. The minimum atomic E-state index is -0.537. The number of aliphatic imine (C=N–C) groups is 1. The van der Waals surface area contributed by atoms with Gasteiger partial charge in [0.1, 0.15) is 5.82 Å². The number of nitrogens with zero attached hydrogens (tertiary/aromatic N) is 3. The van der Waals surface area contributed by atoms with Gasteiger partial charge in [-0.15, -0.1) is 0 Å². The van der Waals surface area contributed by atoms with Crippen LogP contribution in [0, 0.1) is 15.9 Å². The van der Waals surface area contributed by atoms with Crippen LogP contribution in [0.4, 0.5) is 15.8 Å². The molecule has 0 aromatic heterocycles. The van der Waals surface area contributed by atoms with Crippen molar-refractivity contribution in [3.8, 4) is 5.75 Å². The second-order valence-electron chi connectivity index (χ2n) is 5.72.